The summed E-state index contributed by atoms with van der Waals surface area (Å²) in [6, 6.07) is 0.481. The van der Waals surface area contributed by atoms with Crippen LogP contribution in [0.1, 0.15) is 27.7 Å². The van der Waals surface area contributed by atoms with E-state index in [0.717, 1.165) is 13.1 Å². The zero-order valence-electron chi connectivity index (χ0n) is 11.0. The summed E-state index contributed by atoms with van der Waals surface area (Å²) < 4.78 is 24.3. The second-order valence-corrected chi connectivity index (χ2v) is 7.72. The Hall–Kier alpha value is -0.130. The van der Waals surface area contributed by atoms with Crippen LogP contribution in [0.15, 0.2) is 0 Å². The molecule has 5 heteroatoms. The highest BCUT2D eigenvalue weighted by Crippen LogP contribution is 2.25. The van der Waals surface area contributed by atoms with Gasteiger partial charge in [0.05, 0.1) is 6.26 Å². The maximum atomic E-state index is 11.4. The van der Waals surface area contributed by atoms with E-state index < -0.39 is 10.0 Å². The smallest absolute Gasteiger partial charge is 0.211 e. The minimum absolute atomic E-state index is 0.243. The molecule has 0 aromatic carbocycles. The molecule has 0 N–H and O–H groups in total. The Morgan fingerprint density at radius 2 is 1.50 bits per heavy atom. The van der Waals surface area contributed by atoms with Crippen LogP contribution in [0.2, 0.25) is 0 Å². The molecule has 1 unspecified atom stereocenters. The molecule has 96 valence electrons. The van der Waals surface area contributed by atoms with Crippen molar-refractivity contribution in [2.75, 3.05) is 32.4 Å². The van der Waals surface area contributed by atoms with Crippen molar-refractivity contribution in [1.82, 2.24) is 9.21 Å². The SMILES string of the molecule is CC(N1CCN(S(C)(=O)=O)CC1)C(C)(C)C. The van der Waals surface area contributed by atoms with Crippen LogP contribution in [0, 0.1) is 5.41 Å². The van der Waals surface area contributed by atoms with E-state index in [1.807, 2.05) is 0 Å². The molecule has 0 amide bonds. The van der Waals surface area contributed by atoms with Crippen molar-refractivity contribution in [2.24, 2.45) is 5.41 Å². The molecule has 0 aromatic heterocycles. The van der Waals surface area contributed by atoms with Gasteiger partial charge in [0.1, 0.15) is 0 Å². The number of hydrogen-bond donors (Lipinski definition) is 0. The van der Waals surface area contributed by atoms with Crippen molar-refractivity contribution in [2.45, 2.75) is 33.7 Å². The number of nitrogens with zero attached hydrogens (tertiary/aromatic N) is 2. The molecule has 0 aromatic rings. The Kier molecular flexibility index (Phi) is 4.03. The second kappa shape index (κ2) is 4.63. The fourth-order valence-corrected chi connectivity index (χ4v) is 2.80. The fraction of sp³-hybridized carbons (Fsp3) is 1.00. The average Bonchev–Trinajstić information content (AvgIpc) is 2.14. The zero-order chi connectivity index (χ0) is 12.6. The number of piperazine rings is 1. The van der Waals surface area contributed by atoms with E-state index >= 15 is 0 Å². The Morgan fingerprint density at radius 3 is 1.81 bits per heavy atom. The quantitative estimate of drug-likeness (QED) is 0.732. The summed E-state index contributed by atoms with van der Waals surface area (Å²) in [5, 5.41) is 0. The van der Waals surface area contributed by atoms with Crippen LogP contribution in [-0.2, 0) is 10.0 Å². The van der Waals surface area contributed by atoms with Crippen molar-refractivity contribution in [1.29, 1.82) is 0 Å². The highest BCUT2D eigenvalue weighted by atomic mass is 32.2. The van der Waals surface area contributed by atoms with Crippen LogP contribution < -0.4 is 0 Å². The van der Waals surface area contributed by atoms with Gasteiger partial charge in [0.25, 0.3) is 0 Å². The highest BCUT2D eigenvalue weighted by Gasteiger charge is 2.30. The van der Waals surface area contributed by atoms with E-state index in [1.54, 1.807) is 4.31 Å². The Labute approximate surface area is 99.7 Å². The summed E-state index contributed by atoms with van der Waals surface area (Å²) >= 11 is 0. The van der Waals surface area contributed by atoms with Crippen LogP contribution in [0.5, 0.6) is 0 Å². The molecule has 0 bridgehead atoms. The van der Waals surface area contributed by atoms with Crippen LogP contribution in [-0.4, -0.2) is 56.1 Å². The maximum absolute atomic E-state index is 11.4. The lowest BCUT2D eigenvalue weighted by molar-refractivity contribution is 0.0794. The van der Waals surface area contributed by atoms with Crippen LogP contribution >= 0.6 is 0 Å². The fourth-order valence-electron chi connectivity index (χ4n) is 1.97. The molecule has 4 nitrogen and oxygen atoms in total. The lowest BCUT2D eigenvalue weighted by Gasteiger charge is -2.42. The normalized spacial score (nSPS) is 23.3. The zero-order valence-corrected chi connectivity index (χ0v) is 11.8. The maximum Gasteiger partial charge on any atom is 0.211 e. The first-order valence-corrected chi connectivity index (χ1v) is 7.66. The minimum atomic E-state index is -3.00. The molecule has 1 aliphatic rings. The predicted octanol–water partition coefficient (Wildman–Crippen LogP) is 0.998. The monoisotopic (exact) mass is 248 g/mol. The Bertz CT molecular complexity index is 324. The number of sulfonamides is 1. The standard InChI is InChI=1S/C11H24N2O2S/c1-10(11(2,3)4)12-6-8-13(9-7-12)16(5,14)15/h10H,6-9H2,1-5H3. The van der Waals surface area contributed by atoms with Gasteiger partial charge in [-0.15, -0.1) is 0 Å². The van der Waals surface area contributed by atoms with Crippen LogP contribution in [0.25, 0.3) is 0 Å². The predicted molar refractivity (Wildman–Crippen MR) is 66.9 cm³/mol. The molecule has 0 aliphatic carbocycles. The molecule has 1 atom stereocenters. The third-order valence-corrected chi connectivity index (χ3v) is 4.85. The summed E-state index contributed by atoms with van der Waals surface area (Å²) in [6.07, 6.45) is 1.29. The molecule has 0 radical (unpaired) electrons. The number of rotatable bonds is 2. The van der Waals surface area contributed by atoms with Gasteiger partial charge in [-0.25, -0.2) is 8.42 Å². The van der Waals surface area contributed by atoms with E-state index in [4.69, 9.17) is 0 Å². The summed E-state index contributed by atoms with van der Waals surface area (Å²) in [7, 11) is -3.00. The molecule has 0 spiro atoms. The Morgan fingerprint density at radius 1 is 1.06 bits per heavy atom. The molecular weight excluding hydrogens is 224 g/mol. The van der Waals surface area contributed by atoms with Crippen molar-refractivity contribution < 1.29 is 8.42 Å². The summed E-state index contributed by atoms with van der Waals surface area (Å²) in [6.45, 7) is 11.8. The minimum Gasteiger partial charge on any atom is -0.298 e. The average molecular weight is 248 g/mol. The first-order chi connectivity index (χ1) is 7.12. The van der Waals surface area contributed by atoms with Crippen molar-refractivity contribution in [3.8, 4) is 0 Å². The van der Waals surface area contributed by atoms with Gasteiger partial charge in [0.15, 0.2) is 0 Å². The molecule has 1 rings (SSSR count). The molecule has 1 heterocycles. The lowest BCUT2D eigenvalue weighted by Crippen LogP contribution is -2.53. The van der Waals surface area contributed by atoms with E-state index in [0.29, 0.717) is 19.1 Å². The molecular formula is C11H24N2O2S. The van der Waals surface area contributed by atoms with Gasteiger partial charge in [-0.05, 0) is 12.3 Å². The van der Waals surface area contributed by atoms with Gasteiger partial charge in [0, 0.05) is 32.2 Å². The van der Waals surface area contributed by atoms with Gasteiger partial charge < -0.3 is 0 Å². The van der Waals surface area contributed by atoms with Crippen molar-refractivity contribution in [3.05, 3.63) is 0 Å². The third kappa shape index (κ3) is 3.43. The van der Waals surface area contributed by atoms with Crippen LogP contribution in [0.3, 0.4) is 0 Å². The lowest BCUT2D eigenvalue weighted by atomic mass is 9.86. The topological polar surface area (TPSA) is 40.6 Å². The van der Waals surface area contributed by atoms with Gasteiger partial charge in [-0.3, -0.25) is 4.90 Å². The highest BCUT2D eigenvalue weighted by molar-refractivity contribution is 7.88. The summed E-state index contributed by atoms with van der Waals surface area (Å²) in [5.74, 6) is 0. The first kappa shape index (κ1) is 13.9. The summed E-state index contributed by atoms with van der Waals surface area (Å²) in [4.78, 5) is 2.38. The van der Waals surface area contributed by atoms with E-state index in [2.05, 4.69) is 32.6 Å². The summed E-state index contributed by atoms with van der Waals surface area (Å²) in [5.41, 5.74) is 0.243. The third-order valence-electron chi connectivity index (χ3n) is 3.54. The van der Waals surface area contributed by atoms with E-state index in [9.17, 15) is 8.42 Å². The molecule has 1 fully saturated rings. The van der Waals surface area contributed by atoms with Gasteiger partial charge >= 0.3 is 0 Å². The van der Waals surface area contributed by atoms with E-state index in [1.165, 1.54) is 6.26 Å². The molecule has 1 aliphatic heterocycles. The Balaban J connectivity index is 2.56. The van der Waals surface area contributed by atoms with Gasteiger partial charge in [0.2, 0.25) is 10.0 Å². The van der Waals surface area contributed by atoms with Crippen molar-refractivity contribution in [3.63, 3.8) is 0 Å². The largest absolute Gasteiger partial charge is 0.298 e. The first-order valence-electron chi connectivity index (χ1n) is 5.81. The van der Waals surface area contributed by atoms with E-state index in [-0.39, 0.29) is 5.41 Å². The molecule has 16 heavy (non-hydrogen) atoms. The molecule has 0 saturated carbocycles. The molecule has 1 saturated heterocycles. The second-order valence-electron chi connectivity index (χ2n) is 5.74. The van der Waals surface area contributed by atoms with Gasteiger partial charge in [-0.1, -0.05) is 20.8 Å². The van der Waals surface area contributed by atoms with Crippen molar-refractivity contribution >= 4 is 10.0 Å². The van der Waals surface area contributed by atoms with Gasteiger partial charge in [-0.2, -0.15) is 4.31 Å². The van der Waals surface area contributed by atoms with Crippen LogP contribution in [0.4, 0.5) is 0 Å². The number of hydrogen-bond acceptors (Lipinski definition) is 3.